The fourth-order valence-corrected chi connectivity index (χ4v) is 3.04. The molecule has 0 radical (unpaired) electrons. The molecule has 0 atom stereocenters. The minimum atomic E-state index is 0.110. The first-order valence-corrected chi connectivity index (χ1v) is 7.36. The summed E-state index contributed by atoms with van der Waals surface area (Å²) in [4.78, 5) is 0. The summed E-state index contributed by atoms with van der Waals surface area (Å²) < 4.78 is 2.22. The standard InChI is InChI=1S/C19H15N3O/c20-19(21-23)13-9-11-14(12-10-13)22-17-7-3-1-5-15(17)16-6-2-4-8-18(16)22/h1-12,23H,(H2,20,21). The van der Waals surface area contributed by atoms with Gasteiger partial charge in [0.2, 0.25) is 0 Å². The number of nitrogens with zero attached hydrogens (tertiary/aromatic N) is 2. The molecule has 0 bridgehead atoms. The fourth-order valence-electron chi connectivity index (χ4n) is 3.04. The van der Waals surface area contributed by atoms with E-state index in [4.69, 9.17) is 10.9 Å². The Hall–Kier alpha value is -3.27. The SMILES string of the molecule is N/C(=N\O)c1ccc(-n2c3ccccc3c3ccccc32)cc1. The van der Waals surface area contributed by atoms with Crippen LogP contribution in [0.2, 0.25) is 0 Å². The van der Waals surface area contributed by atoms with Crippen LogP contribution in [0, 0.1) is 0 Å². The van der Waals surface area contributed by atoms with Crippen LogP contribution in [0.4, 0.5) is 0 Å². The molecule has 3 N–H and O–H groups in total. The number of rotatable bonds is 2. The number of aromatic nitrogens is 1. The zero-order chi connectivity index (χ0) is 15.8. The summed E-state index contributed by atoms with van der Waals surface area (Å²) in [5.41, 5.74) is 9.68. The zero-order valence-electron chi connectivity index (χ0n) is 12.3. The van der Waals surface area contributed by atoms with E-state index >= 15 is 0 Å². The molecular weight excluding hydrogens is 286 g/mol. The van der Waals surface area contributed by atoms with E-state index in [1.165, 1.54) is 10.8 Å². The van der Waals surface area contributed by atoms with Gasteiger partial charge in [-0.25, -0.2) is 0 Å². The highest BCUT2D eigenvalue weighted by atomic mass is 16.4. The van der Waals surface area contributed by atoms with E-state index in [0.717, 1.165) is 16.7 Å². The van der Waals surface area contributed by atoms with Gasteiger partial charge in [0.25, 0.3) is 0 Å². The van der Waals surface area contributed by atoms with Crippen LogP contribution in [0.1, 0.15) is 5.56 Å². The molecule has 0 fully saturated rings. The van der Waals surface area contributed by atoms with Gasteiger partial charge in [-0.15, -0.1) is 0 Å². The van der Waals surface area contributed by atoms with E-state index in [9.17, 15) is 0 Å². The van der Waals surface area contributed by atoms with Crippen molar-refractivity contribution in [2.24, 2.45) is 10.9 Å². The van der Waals surface area contributed by atoms with Gasteiger partial charge in [0.1, 0.15) is 0 Å². The van der Waals surface area contributed by atoms with Gasteiger partial charge in [0, 0.05) is 22.0 Å². The van der Waals surface area contributed by atoms with Gasteiger partial charge in [-0.2, -0.15) is 0 Å². The Morgan fingerprint density at radius 2 is 1.30 bits per heavy atom. The second kappa shape index (κ2) is 5.18. The number of amidine groups is 1. The number of oxime groups is 1. The number of nitrogens with two attached hydrogens (primary N) is 1. The summed E-state index contributed by atoms with van der Waals surface area (Å²) in [7, 11) is 0. The van der Waals surface area contributed by atoms with E-state index in [1.807, 2.05) is 36.4 Å². The quantitative estimate of drug-likeness (QED) is 0.255. The molecule has 23 heavy (non-hydrogen) atoms. The third-order valence-electron chi connectivity index (χ3n) is 4.11. The highest BCUT2D eigenvalue weighted by molar-refractivity contribution is 6.09. The van der Waals surface area contributed by atoms with Gasteiger partial charge in [-0.1, -0.05) is 41.6 Å². The molecule has 0 amide bonds. The third kappa shape index (κ3) is 2.04. The topological polar surface area (TPSA) is 63.5 Å². The fraction of sp³-hybridized carbons (Fsp3) is 0. The monoisotopic (exact) mass is 301 g/mol. The summed E-state index contributed by atoms with van der Waals surface area (Å²) in [6, 6.07) is 24.4. The third-order valence-corrected chi connectivity index (χ3v) is 4.11. The molecule has 0 spiro atoms. The van der Waals surface area contributed by atoms with Crippen LogP contribution in [0.15, 0.2) is 78.0 Å². The number of fused-ring (bicyclic) bond motifs is 3. The largest absolute Gasteiger partial charge is 0.409 e. The van der Waals surface area contributed by atoms with Crippen LogP contribution in [0.25, 0.3) is 27.5 Å². The zero-order valence-corrected chi connectivity index (χ0v) is 12.3. The molecule has 0 saturated carbocycles. The Morgan fingerprint density at radius 1 is 0.783 bits per heavy atom. The second-order valence-corrected chi connectivity index (χ2v) is 5.40. The Balaban J connectivity index is 2.00. The summed E-state index contributed by atoms with van der Waals surface area (Å²) in [6.45, 7) is 0. The summed E-state index contributed by atoms with van der Waals surface area (Å²) in [5, 5.41) is 14.3. The van der Waals surface area contributed by atoms with Crippen molar-refractivity contribution in [2.45, 2.75) is 0 Å². The molecule has 4 nitrogen and oxygen atoms in total. The Morgan fingerprint density at radius 3 is 1.83 bits per heavy atom. The Labute approximate surface area is 133 Å². The molecule has 0 unspecified atom stereocenters. The van der Waals surface area contributed by atoms with Crippen molar-refractivity contribution in [2.75, 3.05) is 0 Å². The lowest BCUT2D eigenvalue weighted by Gasteiger charge is -2.08. The van der Waals surface area contributed by atoms with Crippen LogP contribution < -0.4 is 5.73 Å². The molecule has 0 saturated heterocycles. The number of para-hydroxylation sites is 2. The maximum absolute atomic E-state index is 8.78. The van der Waals surface area contributed by atoms with Crippen molar-refractivity contribution in [1.29, 1.82) is 0 Å². The Kier molecular flexibility index (Phi) is 3.01. The minimum Gasteiger partial charge on any atom is -0.409 e. The molecular formula is C19H15N3O. The van der Waals surface area contributed by atoms with E-state index in [0.29, 0.717) is 5.56 Å². The minimum absolute atomic E-state index is 0.110. The number of hydrogen-bond donors (Lipinski definition) is 2. The van der Waals surface area contributed by atoms with Gasteiger partial charge in [0.05, 0.1) is 11.0 Å². The van der Waals surface area contributed by atoms with Crippen molar-refractivity contribution < 1.29 is 5.21 Å². The van der Waals surface area contributed by atoms with E-state index in [1.54, 1.807) is 0 Å². The maximum atomic E-state index is 8.78. The van der Waals surface area contributed by atoms with E-state index < -0.39 is 0 Å². The molecule has 4 rings (SSSR count). The molecule has 4 heteroatoms. The maximum Gasteiger partial charge on any atom is 0.170 e. The smallest absolute Gasteiger partial charge is 0.170 e. The first-order chi connectivity index (χ1) is 11.3. The molecule has 0 aliphatic carbocycles. The first-order valence-electron chi connectivity index (χ1n) is 7.36. The summed E-state index contributed by atoms with van der Waals surface area (Å²) in [6.07, 6.45) is 0. The van der Waals surface area contributed by atoms with Gasteiger partial charge >= 0.3 is 0 Å². The van der Waals surface area contributed by atoms with Crippen LogP contribution in [0.5, 0.6) is 0 Å². The second-order valence-electron chi connectivity index (χ2n) is 5.40. The molecule has 0 aliphatic rings. The Bertz CT molecular complexity index is 976. The normalized spacial score (nSPS) is 12.1. The molecule has 4 aromatic rings. The summed E-state index contributed by atoms with van der Waals surface area (Å²) >= 11 is 0. The predicted octanol–water partition coefficient (Wildman–Crippen LogP) is 3.88. The van der Waals surface area contributed by atoms with Crippen LogP contribution in [0.3, 0.4) is 0 Å². The summed E-state index contributed by atoms with van der Waals surface area (Å²) in [5.74, 6) is 0.110. The van der Waals surface area contributed by atoms with Crippen molar-refractivity contribution in [3.8, 4) is 5.69 Å². The van der Waals surface area contributed by atoms with Crippen LogP contribution in [-0.2, 0) is 0 Å². The van der Waals surface area contributed by atoms with Crippen molar-refractivity contribution >= 4 is 27.6 Å². The van der Waals surface area contributed by atoms with Crippen LogP contribution >= 0.6 is 0 Å². The van der Waals surface area contributed by atoms with Gasteiger partial charge < -0.3 is 15.5 Å². The number of benzene rings is 3. The predicted molar refractivity (Wildman–Crippen MR) is 93.3 cm³/mol. The van der Waals surface area contributed by atoms with E-state index in [-0.39, 0.29) is 5.84 Å². The lowest BCUT2D eigenvalue weighted by molar-refractivity contribution is 0.318. The van der Waals surface area contributed by atoms with Crippen molar-refractivity contribution in [1.82, 2.24) is 4.57 Å². The highest BCUT2D eigenvalue weighted by Gasteiger charge is 2.11. The van der Waals surface area contributed by atoms with Crippen molar-refractivity contribution in [3.05, 3.63) is 78.4 Å². The van der Waals surface area contributed by atoms with Crippen LogP contribution in [-0.4, -0.2) is 15.6 Å². The molecule has 1 aromatic heterocycles. The van der Waals surface area contributed by atoms with Crippen molar-refractivity contribution in [3.63, 3.8) is 0 Å². The highest BCUT2D eigenvalue weighted by Crippen LogP contribution is 2.31. The van der Waals surface area contributed by atoms with Gasteiger partial charge in [-0.3, -0.25) is 0 Å². The first kappa shape index (κ1) is 13.4. The molecule has 1 heterocycles. The lowest BCUT2D eigenvalue weighted by atomic mass is 10.2. The molecule has 112 valence electrons. The van der Waals surface area contributed by atoms with E-state index in [2.05, 4.69) is 46.1 Å². The van der Waals surface area contributed by atoms with Gasteiger partial charge in [-0.05, 0) is 36.4 Å². The molecule has 0 aliphatic heterocycles. The lowest BCUT2D eigenvalue weighted by Crippen LogP contribution is -2.12. The molecule has 3 aromatic carbocycles. The number of hydrogen-bond acceptors (Lipinski definition) is 2. The average Bonchev–Trinajstić information content (AvgIpc) is 2.96. The average molecular weight is 301 g/mol. The van der Waals surface area contributed by atoms with Gasteiger partial charge in [0.15, 0.2) is 5.84 Å².